The molecule has 1 amide bonds. The third-order valence-electron chi connectivity index (χ3n) is 3.55. The minimum absolute atomic E-state index is 0.0380. The SMILES string of the molecule is CCNc1nnc(C(=O)N(CC)C2CCCCC2)s1. The number of hydrogen-bond acceptors (Lipinski definition) is 5. The lowest BCUT2D eigenvalue weighted by Gasteiger charge is -2.32. The van der Waals surface area contributed by atoms with Crippen LogP contribution in [-0.4, -0.2) is 40.1 Å². The Labute approximate surface area is 118 Å². The van der Waals surface area contributed by atoms with E-state index in [0.29, 0.717) is 11.0 Å². The number of rotatable bonds is 5. The van der Waals surface area contributed by atoms with Crippen molar-refractivity contribution in [3.8, 4) is 0 Å². The van der Waals surface area contributed by atoms with Gasteiger partial charge in [-0.15, -0.1) is 10.2 Å². The van der Waals surface area contributed by atoms with Gasteiger partial charge < -0.3 is 10.2 Å². The van der Waals surface area contributed by atoms with Crippen LogP contribution in [0.25, 0.3) is 0 Å². The van der Waals surface area contributed by atoms with Gasteiger partial charge in [0.05, 0.1) is 0 Å². The molecule has 0 spiro atoms. The molecule has 0 unspecified atom stereocenters. The number of carbonyl (C=O) groups is 1. The van der Waals surface area contributed by atoms with Gasteiger partial charge >= 0.3 is 0 Å². The van der Waals surface area contributed by atoms with Crippen LogP contribution in [0.15, 0.2) is 0 Å². The van der Waals surface area contributed by atoms with E-state index in [1.54, 1.807) is 0 Å². The van der Waals surface area contributed by atoms with Crippen molar-refractivity contribution >= 4 is 22.4 Å². The van der Waals surface area contributed by atoms with Crippen LogP contribution in [0.5, 0.6) is 0 Å². The molecular weight excluding hydrogens is 260 g/mol. The second kappa shape index (κ2) is 6.84. The van der Waals surface area contributed by atoms with Gasteiger partial charge in [-0.2, -0.15) is 0 Å². The van der Waals surface area contributed by atoms with Crippen LogP contribution in [0.2, 0.25) is 0 Å². The molecule has 1 fully saturated rings. The summed E-state index contributed by atoms with van der Waals surface area (Å²) in [5.41, 5.74) is 0. The number of carbonyl (C=O) groups excluding carboxylic acids is 1. The number of hydrogen-bond donors (Lipinski definition) is 1. The average Bonchev–Trinajstić information content (AvgIpc) is 2.90. The number of nitrogens with zero attached hydrogens (tertiary/aromatic N) is 3. The third-order valence-corrected chi connectivity index (χ3v) is 4.42. The number of amides is 1. The van der Waals surface area contributed by atoms with Crippen molar-refractivity contribution in [1.82, 2.24) is 15.1 Å². The van der Waals surface area contributed by atoms with E-state index in [2.05, 4.69) is 15.5 Å². The first-order chi connectivity index (χ1) is 9.26. The van der Waals surface area contributed by atoms with Gasteiger partial charge in [0.15, 0.2) is 0 Å². The third kappa shape index (κ3) is 3.43. The molecule has 1 aromatic heterocycles. The quantitative estimate of drug-likeness (QED) is 0.902. The highest BCUT2D eigenvalue weighted by molar-refractivity contribution is 7.17. The van der Waals surface area contributed by atoms with Crippen molar-refractivity contribution < 1.29 is 4.79 Å². The van der Waals surface area contributed by atoms with Crippen LogP contribution in [-0.2, 0) is 0 Å². The van der Waals surface area contributed by atoms with E-state index in [9.17, 15) is 4.79 Å². The Bertz CT molecular complexity index is 415. The molecule has 1 heterocycles. The predicted octanol–water partition coefficient (Wildman–Crippen LogP) is 2.76. The van der Waals surface area contributed by atoms with Crippen molar-refractivity contribution in [2.45, 2.75) is 52.0 Å². The number of anilines is 1. The van der Waals surface area contributed by atoms with Crippen LogP contribution in [0.4, 0.5) is 5.13 Å². The van der Waals surface area contributed by atoms with E-state index in [4.69, 9.17) is 0 Å². The summed E-state index contributed by atoms with van der Waals surface area (Å²) in [4.78, 5) is 14.5. The first-order valence-electron chi connectivity index (χ1n) is 7.14. The fourth-order valence-corrected chi connectivity index (χ4v) is 3.38. The summed E-state index contributed by atoms with van der Waals surface area (Å²) in [6.45, 7) is 5.59. The van der Waals surface area contributed by atoms with Crippen LogP contribution in [0, 0.1) is 0 Å². The van der Waals surface area contributed by atoms with Gasteiger partial charge in [0.2, 0.25) is 10.1 Å². The maximum absolute atomic E-state index is 12.5. The smallest absolute Gasteiger partial charge is 0.285 e. The molecule has 0 bridgehead atoms. The second-order valence-electron chi connectivity index (χ2n) is 4.83. The molecule has 0 radical (unpaired) electrons. The normalized spacial score (nSPS) is 16.3. The molecule has 0 aromatic carbocycles. The van der Waals surface area contributed by atoms with Crippen molar-refractivity contribution in [3.05, 3.63) is 5.01 Å². The fraction of sp³-hybridized carbons (Fsp3) is 0.769. The average molecular weight is 282 g/mol. The van der Waals surface area contributed by atoms with Crippen molar-refractivity contribution in [2.75, 3.05) is 18.4 Å². The monoisotopic (exact) mass is 282 g/mol. The fourth-order valence-electron chi connectivity index (χ4n) is 2.62. The van der Waals surface area contributed by atoms with E-state index in [1.807, 2.05) is 18.7 Å². The molecular formula is C13H22N4OS. The van der Waals surface area contributed by atoms with Crippen molar-refractivity contribution in [1.29, 1.82) is 0 Å². The van der Waals surface area contributed by atoms with Crippen LogP contribution >= 0.6 is 11.3 Å². The topological polar surface area (TPSA) is 58.1 Å². The number of aromatic nitrogens is 2. The van der Waals surface area contributed by atoms with E-state index in [1.165, 1.54) is 30.6 Å². The van der Waals surface area contributed by atoms with Crippen LogP contribution < -0.4 is 5.32 Å². The zero-order valence-electron chi connectivity index (χ0n) is 11.7. The summed E-state index contributed by atoms with van der Waals surface area (Å²) in [6.07, 6.45) is 6.00. The van der Waals surface area contributed by atoms with Crippen molar-refractivity contribution in [3.63, 3.8) is 0 Å². The predicted molar refractivity (Wildman–Crippen MR) is 77.7 cm³/mol. The molecule has 1 N–H and O–H groups in total. The van der Waals surface area contributed by atoms with Crippen molar-refractivity contribution in [2.24, 2.45) is 0 Å². The standard InChI is InChI=1S/C13H22N4OS/c1-3-14-13-16-15-11(19-13)12(18)17(4-2)10-8-6-5-7-9-10/h10H,3-9H2,1-2H3,(H,14,16). The molecule has 0 atom stereocenters. The maximum Gasteiger partial charge on any atom is 0.285 e. The number of nitrogens with one attached hydrogen (secondary N) is 1. The summed E-state index contributed by atoms with van der Waals surface area (Å²) in [7, 11) is 0. The van der Waals surface area contributed by atoms with E-state index in [0.717, 1.165) is 31.1 Å². The highest BCUT2D eigenvalue weighted by atomic mass is 32.1. The molecule has 1 aliphatic carbocycles. The summed E-state index contributed by atoms with van der Waals surface area (Å²) in [6, 6.07) is 0.387. The minimum Gasteiger partial charge on any atom is -0.360 e. The Balaban J connectivity index is 2.05. The van der Waals surface area contributed by atoms with E-state index in [-0.39, 0.29) is 5.91 Å². The van der Waals surface area contributed by atoms with Gasteiger partial charge in [-0.1, -0.05) is 30.6 Å². The van der Waals surface area contributed by atoms with Crippen LogP contribution in [0.3, 0.4) is 0 Å². The molecule has 1 saturated carbocycles. The zero-order valence-corrected chi connectivity index (χ0v) is 12.5. The lowest BCUT2D eigenvalue weighted by atomic mass is 9.94. The molecule has 106 valence electrons. The van der Waals surface area contributed by atoms with Gasteiger partial charge in [-0.3, -0.25) is 4.79 Å². The van der Waals surface area contributed by atoms with Gasteiger partial charge in [-0.25, -0.2) is 0 Å². The van der Waals surface area contributed by atoms with Crippen LogP contribution in [0.1, 0.15) is 55.8 Å². The molecule has 1 aliphatic rings. The summed E-state index contributed by atoms with van der Waals surface area (Å²) in [5.74, 6) is 0.0380. The van der Waals surface area contributed by atoms with Gasteiger partial charge in [-0.05, 0) is 26.7 Å². The second-order valence-corrected chi connectivity index (χ2v) is 5.80. The first kappa shape index (κ1) is 14.2. The van der Waals surface area contributed by atoms with Gasteiger partial charge in [0.1, 0.15) is 0 Å². The molecule has 6 heteroatoms. The molecule has 19 heavy (non-hydrogen) atoms. The largest absolute Gasteiger partial charge is 0.360 e. The Kier molecular flexibility index (Phi) is 5.13. The lowest BCUT2D eigenvalue weighted by Crippen LogP contribution is -2.41. The molecule has 5 nitrogen and oxygen atoms in total. The van der Waals surface area contributed by atoms with Gasteiger partial charge in [0.25, 0.3) is 5.91 Å². The molecule has 1 aromatic rings. The van der Waals surface area contributed by atoms with Gasteiger partial charge in [0, 0.05) is 19.1 Å². The summed E-state index contributed by atoms with van der Waals surface area (Å²) >= 11 is 1.35. The highest BCUT2D eigenvalue weighted by Gasteiger charge is 2.27. The first-order valence-corrected chi connectivity index (χ1v) is 7.96. The molecule has 0 saturated heterocycles. The Hall–Kier alpha value is -1.17. The lowest BCUT2D eigenvalue weighted by molar-refractivity contribution is 0.0646. The molecule has 0 aliphatic heterocycles. The zero-order chi connectivity index (χ0) is 13.7. The highest BCUT2D eigenvalue weighted by Crippen LogP contribution is 2.25. The molecule has 2 rings (SSSR count). The minimum atomic E-state index is 0.0380. The summed E-state index contributed by atoms with van der Waals surface area (Å²) < 4.78 is 0. The van der Waals surface area contributed by atoms with E-state index < -0.39 is 0 Å². The Morgan fingerprint density at radius 1 is 1.32 bits per heavy atom. The Morgan fingerprint density at radius 3 is 2.68 bits per heavy atom. The maximum atomic E-state index is 12.5. The summed E-state index contributed by atoms with van der Waals surface area (Å²) in [5, 5.41) is 12.3. The Morgan fingerprint density at radius 2 is 2.05 bits per heavy atom. The van der Waals surface area contributed by atoms with E-state index >= 15 is 0 Å².